The van der Waals surface area contributed by atoms with Crippen LogP contribution in [0.25, 0.3) is 0 Å². The molecule has 1 heterocycles. The Labute approximate surface area is 116 Å². The van der Waals surface area contributed by atoms with Gasteiger partial charge in [0, 0.05) is 20.6 Å². The van der Waals surface area contributed by atoms with Crippen LogP contribution in [0.4, 0.5) is 0 Å². The summed E-state index contributed by atoms with van der Waals surface area (Å²) in [4.78, 5) is 12.2. The molecule has 0 saturated carbocycles. The van der Waals surface area contributed by atoms with Gasteiger partial charge in [0.2, 0.25) is 15.9 Å². The average molecular weight is 291 g/mol. The highest BCUT2D eigenvalue weighted by molar-refractivity contribution is 7.89. The van der Waals surface area contributed by atoms with E-state index in [1.807, 2.05) is 6.92 Å². The topological polar surface area (TPSA) is 78.5 Å². The van der Waals surface area contributed by atoms with Crippen LogP contribution >= 0.6 is 0 Å². The van der Waals surface area contributed by atoms with E-state index in [0.717, 1.165) is 32.2 Å². The number of sulfonamides is 1. The first-order valence-electron chi connectivity index (χ1n) is 6.77. The van der Waals surface area contributed by atoms with Crippen LogP contribution in [0.5, 0.6) is 0 Å². The molecule has 0 aromatic heterocycles. The van der Waals surface area contributed by atoms with Gasteiger partial charge in [-0.3, -0.25) is 4.79 Å². The average Bonchev–Trinajstić information content (AvgIpc) is 2.79. The SMILES string of the molecule is CCCC1(C(=O)NCCS(=O)(=O)N(C)C)CCCN1. The van der Waals surface area contributed by atoms with E-state index in [0.29, 0.717) is 0 Å². The molecule has 6 nitrogen and oxygen atoms in total. The highest BCUT2D eigenvalue weighted by Crippen LogP contribution is 2.24. The van der Waals surface area contributed by atoms with Crippen LogP contribution in [0.2, 0.25) is 0 Å². The predicted octanol–water partition coefficient (Wildman–Crippen LogP) is -0.0837. The van der Waals surface area contributed by atoms with Crippen molar-refractivity contribution >= 4 is 15.9 Å². The van der Waals surface area contributed by atoms with Gasteiger partial charge in [-0.1, -0.05) is 13.3 Å². The van der Waals surface area contributed by atoms with E-state index in [-0.39, 0.29) is 18.2 Å². The molecule has 19 heavy (non-hydrogen) atoms. The number of rotatable bonds is 7. The molecule has 0 bridgehead atoms. The van der Waals surface area contributed by atoms with Gasteiger partial charge in [0.15, 0.2) is 0 Å². The lowest BCUT2D eigenvalue weighted by Gasteiger charge is -2.27. The second-order valence-corrected chi connectivity index (χ2v) is 7.52. The molecule has 1 amide bonds. The summed E-state index contributed by atoms with van der Waals surface area (Å²) in [6.45, 7) is 3.06. The van der Waals surface area contributed by atoms with Crippen LogP contribution in [0.15, 0.2) is 0 Å². The first-order chi connectivity index (χ1) is 8.84. The number of nitrogens with zero attached hydrogens (tertiary/aromatic N) is 1. The summed E-state index contributed by atoms with van der Waals surface area (Å²) in [6, 6.07) is 0. The summed E-state index contributed by atoms with van der Waals surface area (Å²) in [7, 11) is -0.263. The first kappa shape index (κ1) is 16.4. The molecule has 1 fully saturated rings. The molecule has 112 valence electrons. The summed E-state index contributed by atoms with van der Waals surface area (Å²) in [5.74, 6) is -0.130. The zero-order chi connectivity index (χ0) is 14.5. The minimum absolute atomic E-state index is 0.0616. The van der Waals surface area contributed by atoms with Crippen molar-refractivity contribution in [2.45, 2.75) is 38.1 Å². The Morgan fingerprint density at radius 1 is 1.42 bits per heavy atom. The second kappa shape index (κ2) is 6.67. The number of carbonyl (C=O) groups excluding carboxylic acids is 1. The Kier molecular flexibility index (Phi) is 5.76. The van der Waals surface area contributed by atoms with Crippen molar-refractivity contribution in [3.05, 3.63) is 0 Å². The van der Waals surface area contributed by atoms with Gasteiger partial charge in [-0.25, -0.2) is 12.7 Å². The highest BCUT2D eigenvalue weighted by atomic mass is 32.2. The molecule has 0 radical (unpaired) electrons. The molecule has 0 spiro atoms. The molecule has 1 saturated heterocycles. The zero-order valence-electron chi connectivity index (χ0n) is 12.0. The van der Waals surface area contributed by atoms with E-state index in [2.05, 4.69) is 10.6 Å². The maximum atomic E-state index is 12.2. The predicted molar refractivity (Wildman–Crippen MR) is 75.4 cm³/mol. The van der Waals surface area contributed by atoms with Gasteiger partial charge >= 0.3 is 0 Å². The number of hydrogen-bond acceptors (Lipinski definition) is 4. The first-order valence-corrected chi connectivity index (χ1v) is 8.38. The molecule has 0 aromatic rings. The maximum Gasteiger partial charge on any atom is 0.240 e. The molecular formula is C12H25N3O3S. The van der Waals surface area contributed by atoms with Gasteiger partial charge in [-0.05, 0) is 25.8 Å². The number of nitrogens with one attached hydrogen (secondary N) is 2. The van der Waals surface area contributed by atoms with Crippen molar-refractivity contribution in [2.24, 2.45) is 0 Å². The van der Waals surface area contributed by atoms with Gasteiger partial charge in [0.1, 0.15) is 0 Å². The Balaban J connectivity index is 2.50. The molecule has 0 aliphatic carbocycles. The van der Waals surface area contributed by atoms with Crippen molar-refractivity contribution < 1.29 is 13.2 Å². The standard InChI is InChI=1S/C12H25N3O3S/c1-4-6-12(7-5-8-14-12)11(16)13-9-10-19(17,18)15(2)3/h14H,4-10H2,1-3H3,(H,13,16). The molecule has 1 unspecified atom stereocenters. The van der Waals surface area contributed by atoms with Crippen LogP contribution in [-0.4, -0.2) is 57.1 Å². The smallest absolute Gasteiger partial charge is 0.240 e. The fourth-order valence-electron chi connectivity index (χ4n) is 2.40. The van der Waals surface area contributed by atoms with Gasteiger partial charge in [0.25, 0.3) is 0 Å². The molecular weight excluding hydrogens is 266 g/mol. The summed E-state index contributed by atoms with van der Waals surface area (Å²) >= 11 is 0. The van der Waals surface area contributed by atoms with E-state index in [9.17, 15) is 13.2 Å². The summed E-state index contributed by atoms with van der Waals surface area (Å²) in [6.07, 6.45) is 3.53. The number of amides is 1. The van der Waals surface area contributed by atoms with Crippen LogP contribution in [0.1, 0.15) is 32.6 Å². The van der Waals surface area contributed by atoms with Gasteiger partial charge in [-0.15, -0.1) is 0 Å². The lowest BCUT2D eigenvalue weighted by Crippen LogP contribution is -2.54. The lowest BCUT2D eigenvalue weighted by molar-refractivity contribution is -0.127. The van der Waals surface area contributed by atoms with Gasteiger partial charge in [0.05, 0.1) is 11.3 Å². The summed E-state index contributed by atoms with van der Waals surface area (Å²) in [5, 5.41) is 6.02. The fourth-order valence-corrected chi connectivity index (χ4v) is 3.12. The third kappa shape index (κ3) is 4.15. The molecule has 7 heteroatoms. The van der Waals surface area contributed by atoms with E-state index in [1.54, 1.807) is 0 Å². The van der Waals surface area contributed by atoms with E-state index in [4.69, 9.17) is 0 Å². The Morgan fingerprint density at radius 2 is 2.11 bits per heavy atom. The Bertz CT molecular complexity index is 400. The minimum Gasteiger partial charge on any atom is -0.353 e. The summed E-state index contributed by atoms with van der Waals surface area (Å²) < 4.78 is 24.4. The Hall–Kier alpha value is -0.660. The largest absolute Gasteiger partial charge is 0.353 e. The highest BCUT2D eigenvalue weighted by Gasteiger charge is 2.39. The van der Waals surface area contributed by atoms with Crippen LogP contribution in [0.3, 0.4) is 0 Å². The van der Waals surface area contributed by atoms with Crippen molar-refractivity contribution in [1.29, 1.82) is 0 Å². The second-order valence-electron chi connectivity index (χ2n) is 5.22. The molecule has 0 aromatic carbocycles. The van der Waals surface area contributed by atoms with Gasteiger partial charge in [-0.2, -0.15) is 0 Å². The lowest BCUT2D eigenvalue weighted by atomic mass is 9.91. The number of carbonyl (C=O) groups is 1. The molecule has 1 rings (SSSR count). The minimum atomic E-state index is -3.25. The van der Waals surface area contributed by atoms with E-state index >= 15 is 0 Å². The third-order valence-electron chi connectivity index (χ3n) is 3.56. The van der Waals surface area contributed by atoms with Crippen LogP contribution < -0.4 is 10.6 Å². The molecule has 1 aliphatic rings. The quantitative estimate of drug-likeness (QED) is 0.687. The third-order valence-corrected chi connectivity index (χ3v) is 5.39. The van der Waals surface area contributed by atoms with Crippen molar-refractivity contribution in [3.63, 3.8) is 0 Å². The zero-order valence-corrected chi connectivity index (χ0v) is 12.8. The van der Waals surface area contributed by atoms with Crippen LogP contribution in [-0.2, 0) is 14.8 Å². The fraction of sp³-hybridized carbons (Fsp3) is 0.917. The number of hydrogen-bond donors (Lipinski definition) is 2. The molecule has 1 atom stereocenters. The molecule has 2 N–H and O–H groups in total. The molecule has 1 aliphatic heterocycles. The van der Waals surface area contributed by atoms with Crippen molar-refractivity contribution in [3.8, 4) is 0 Å². The maximum absolute atomic E-state index is 12.2. The van der Waals surface area contributed by atoms with Crippen molar-refractivity contribution in [2.75, 3.05) is 32.9 Å². The van der Waals surface area contributed by atoms with Gasteiger partial charge < -0.3 is 10.6 Å². The van der Waals surface area contributed by atoms with E-state index in [1.165, 1.54) is 18.4 Å². The normalized spacial score (nSPS) is 23.8. The van der Waals surface area contributed by atoms with Crippen molar-refractivity contribution in [1.82, 2.24) is 14.9 Å². The summed E-state index contributed by atoms with van der Waals surface area (Å²) in [5.41, 5.74) is -0.489. The Morgan fingerprint density at radius 3 is 2.58 bits per heavy atom. The monoisotopic (exact) mass is 291 g/mol. The van der Waals surface area contributed by atoms with E-state index < -0.39 is 15.6 Å². The van der Waals surface area contributed by atoms with Crippen LogP contribution in [0, 0.1) is 0 Å².